The van der Waals surface area contributed by atoms with Gasteiger partial charge in [0, 0.05) is 18.3 Å². The number of aryl methyl sites for hydroxylation is 2. The molecule has 0 radical (unpaired) electrons. The minimum Gasteiger partial charge on any atom is -0.439 e. The maximum atomic E-state index is 13.0. The lowest BCUT2D eigenvalue weighted by Gasteiger charge is -2.10. The summed E-state index contributed by atoms with van der Waals surface area (Å²) in [6, 6.07) is 8.28. The van der Waals surface area contributed by atoms with Gasteiger partial charge >= 0.3 is 0 Å². The van der Waals surface area contributed by atoms with Crippen molar-refractivity contribution in [1.82, 2.24) is 10.3 Å². The fraction of sp³-hybridized carbons (Fsp3) is 0.312. The van der Waals surface area contributed by atoms with Crippen LogP contribution in [0.15, 0.2) is 30.3 Å². The summed E-state index contributed by atoms with van der Waals surface area (Å²) < 4.78 is 18.7. The highest BCUT2D eigenvalue weighted by molar-refractivity contribution is 5.36. The summed E-state index contributed by atoms with van der Waals surface area (Å²) in [6.45, 7) is 7.55. The number of aromatic nitrogens is 1. The Labute approximate surface area is 118 Å². The first-order valence-electron chi connectivity index (χ1n) is 6.71. The van der Waals surface area contributed by atoms with Crippen LogP contribution in [0.1, 0.15) is 23.7 Å². The number of benzene rings is 1. The SMILES string of the molecule is CCNCc1ccc(Oc2ccc(F)cc2C)nc1C. The Morgan fingerprint density at radius 1 is 1.20 bits per heavy atom. The normalized spacial score (nSPS) is 10.6. The minimum absolute atomic E-state index is 0.264. The summed E-state index contributed by atoms with van der Waals surface area (Å²) in [6.07, 6.45) is 0. The van der Waals surface area contributed by atoms with Crippen LogP contribution >= 0.6 is 0 Å². The molecule has 0 saturated carbocycles. The van der Waals surface area contributed by atoms with Crippen LogP contribution in [0.2, 0.25) is 0 Å². The van der Waals surface area contributed by atoms with Gasteiger partial charge < -0.3 is 10.1 Å². The van der Waals surface area contributed by atoms with Crippen LogP contribution in [0.4, 0.5) is 4.39 Å². The van der Waals surface area contributed by atoms with Gasteiger partial charge in [-0.1, -0.05) is 13.0 Å². The van der Waals surface area contributed by atoms with Crippen LogP contribution < -0.4 is 10.1 Å². The summed E-state index contributed by atoms with van der Waals surface area (Å²) >= 11 is 0. The van der Waals surface area contributed by atoms with Gasteiger partial charge in [-0.05, 0) is 49.7 Å². The molecule has 0 bridgehead atoms. The van der Waals surface area contributed by atoms with Gasteiger partial charge in [-0.15, -0.1) is 0 Å². The highest BCUT2D eigenvalue weighted by Gasteiger charge is 2.06. The number of hydrogen-bond acceptors (Lipinski definition) is 3. The second-order valence-electron chi connectivity index (χ2n) is 4.69. The molecule has 0 atom stereocenters. The molecule has 0 unspecified atom stereocenters. The Bertz CT molecular complexity index is 599. The van der Waals surface area contributed by atoms with E-state index in [0.29, 0.717) is 11.6 Å². The van der Waals surface area contributed by atoms with Crippen molar-refractivity contribution >= 4 is 0 Å². The molecule has 2 aromatic rings. The van der Waals surface area contributed by atoms with Gasteiger partial charge in [-0.3, -0.25) is 0 Å². The van der Waals surface area contributed by atoms with Crippen molar-refractivity contribution in [1.29, 1.82) is 0 Å². The van der Waals surface area contributed by atoms with E-state index in [1.54, 1.807) is 6.07 Å². The number of hydrogen-bond donors (Lipinski definition) is 1. The summed E-state index contributed by atoms with van der Waals surface area (Å²) in [7, 11) is 0. The maximum Gasteiger partial charge on any atom is 0.219 e. The smallest absolute Gasteiger partial charge is 0.219 e. The zero-order chi connectivity index (χ0) is 14.5. The molecule has 4 heteroatoms. The number of nitrogens with one attached hydrogen (secondary N) is 1. The van der Waals surface area contributed by atoms with Crippen LogP contribution in [-0.2, 0) is 6.54 Å². The first-order valence-corrected chi connectivity index (χ1v) is 6.71. The van der Waals surface area contributed by atoms with E-state index < -0.39 is 0 Å². The van der Waals surface area contributed by atoms with Gasteiger partial charge in [0.15, 0.2) is 0 Å². The lowest BCUT2D eigenvalue weighted by atomic mass is 10.2. The van der Waals surface area contributed by atoms with E-state index in [2.05, 4.69) is 17.2 Å². The fourth-order valence-electron chi connectivity index (χ4n) is 1.91. The van der Waals surface area contributed by atoms with E-state index in [1.807, 2.05) is 26.0 Å². The van der Waals surface area contributed by atoms with E-state index >= 15 is 0 Å². The Hall–Kier alpha value is -1.94. The highest BCUT2D eigenvalue weighted by atomic mass is 19.1. The molecule has 0 aliphatic heterocycles. The van der Waals surface area contributed by atoms with Gasteiger partial charge in [0.2, 0.25) is 5.88 Å². The van der Waals surface area contributed by atoms with E-state index in [0.717, 1.165) is 29.9 Å². The standard InChI is InChI=1S/C16H19FN2O/c1-4-18-10-13-5-8-16(19-12(13)3)20-15-7-6-14(17)9-11(15)2/h5-9,18H,4,10H2,1-3H3. The molecule has 1 aromatic heterocycles. The highest BCUT2D eigenvalue weighted by Crippen LogP contribution is 2.24. The molecular formula is C16H19FN2O. The van der Waals surface area contributed by atoms with Gasteiger partial charge in [-0.2, -0.15) is 0 Å². The molecule has 0 aliphatic carbocycles. The largest absolute Gasteiger partial charge is 0.439 e. The molecule has 2 rings (SSSR count). The summed E-state index contributed by atoms with van der Waals surface area (Å²) in [4.78, 5) is 4.43. The zero-order valence-corrected chi connectivity index (χ0v) is 12.0. The molecule has 3 nitrogen and oxygen atoms in total. The number of ether oxygens (including phenoxy) is 1. The Balaban J connectivity index is 2.15. The molecule has 0 amide bonds. The number of pyridine rings is 1. The average molecular weight is 274 g/mol. The molecule has 0 fully saturated rings. The lowest BCUT2D eigenvalue weighted by Crippen LogP contribution is -2.13. The first kappa shape index (κ1) is 14.5. The van der Waals surface area contributed by atoms with Gasteiger partial charge in [0.1, 0.15) is 11.6 Å². The van der Waals surface area contributed by atoms with Crippen LogP contribution in [0, 0.1) is 19.7 Å². The molecule has 1 N–H and O–H groups in total. The number of halogens is 1. The predicted molar refractivity (Wildman–Crippen MR) is 77.6 cm³/mol. The van der Waals surface area contributed by atoms with Crippen molar-refractivity contribution in [3.05, 3.63) is 53.0 Å². The topological polar surface area (TPSA) is 34.1 Å². The molecule has 0 spiro atoms. The Morgan fingerprint density at radius 3 is 2.65 bits per heavy atom. The van der Waals surface area contributed by atoms with E-state index in [9.17, 15) is 4.39 Å². The van der Waals surface area contributed by atoms with E-state index in [1.165, 1.54) is 12.1 Å². The van der Waals surface area contributed by atoms with Crippen molar-refractivity contribution in [3.8, 4) is 11.6 Å². The predicted octanol–water partition coefficient (Wildman–Crippen LogP) is 3.74. The monoisotopic (exact) mass is 274 g/mol. The maximum absolute atomic E-state index is 13.0. The first-order chi connectivity index (χ1) is 9.60. The number of nitrogens with zero attached hydrogens (tertiary/aromatic N) is 1. The second-order valence-corrected chi connectivity index (χ2v) is 4.69. The van der Waals surface area contributed by atoms with E-state index in [4.69, 9.17) is 4.74 Å². The summed E-state index contributed by atoms with van der Waals surface area (Å²) in [5.41, 5.74) is 2.83. The molecule has 106 valence electrons. The van der Waals surface area contributed by atoms with Gasteiger partial charge in [-0.25, -0.2) is 9.37 Å². The third kappa shape index (κ3) is 3.54. The molecule has 1 aromatic carbocycles. The summed E-state index contributed by atoms with van der Waals surface area (Å²) in [5, 5.41) is 3.27. The average Bonchev–Trinajstić information content (AvgIpc) is 2.41. The van der Waals surface area contributed by atoms with Crippen LogP contribution in [-0.4, -0.2) is 11.5 Å². The van der Waals surface area contributed by atoms with E-state index in [-0.39, 0.29) is 5.82 Å². The quantitative estimate of drug-likeness (QED) is 0.902. The van der Waals surface area contributed by atoms with Gasteiger partial charge in [0.05, 0.1) is 0 Å². The molecule has 0 saturated heterocycles. The van der Waals surface area contributed by atoms with Crippen molar-refractivity contribution < 1.29 is 9.13 Å². The molecular weight excluding hydrogens is 255 g/mol. The minimum atomic E-state index is -0.264. The molecule has 20 heavy (non-hydrogen) atoms. The zero-order valence-electron chi connectivity index (χ0n) is 12.0. The van der Waals surface area contributed by atoms with Crippen molar-refractivity contribution in [3.63, 3.8) is 0 Å². The molecule has 1 heterocycles. The second kappa shape index (κ2) is 6.48. The number of rotatable bonds is 5. The molecule has 0 aliphatic rings. The Kier molecular flexibility index (Phi) is 4.69. The summed E-state index contributed by atoms with van der Waals surface area (Å²) in [5.74, 6) is 0.884. The van der Waals surface area contributed by atoms with Crippen LogP contribution in [0.25, 0.3) is 0 Å². The fourth-order valence-corrected chi connectivity index (χ4v) is 1.91. The van der Waals surface area contributed by atoms with Crippen molar-refractivity contribution in [2.75, 3.05) is 6.54 Å². The van der Waals surface area contributed by atoms with Crippen molar-refractivity contribution in [2.45, 2.75) is 27.3 Å². The third-order valence-corrected chi connectivity index (χ3v) is 3.09. The lowest BCUT2D eigenvalue weighted by molar-refractivity contribution is 0.455. The van der Waals surface area contributed by atoms with Crippen molar-refractivity contribution in [2.24, 2.45) is 0 Å². The Morgan fingerprint density at radius 2 is 2.00 bits per heavy atom. The van der Waals surface area contributed by atoms with Crippen LogP contribution in [0.5, 0.6) is 11.6 Å². The third-order valence-electron chi connectivity index (χ3n) is 3.09. The van der Waals surface area contributed by atoms with Gasteiger partial charge in [0.25, 0.3) is 0 Å². The van der Waals surface area contributed by atoms with Crippen LogP contribution in [0.3, 0.4) is 0 Å².